The maximum absolute atomic E-state index is 12.0. The molecule has 0 saturated heterocycles. The zero-order valence-electron chi connectivity index (χ0n) is 12.0. The number of amides is 1. The molecule has 1 unspecified atom stereocenters. The number of aliphatic hydroxyl groups is 1. The van der Waals surface area contributed by atoms with E-state index in [4.69, 9.17) is 4.74 Å². The predicted octanol–water partition coefficient (Wildman–Crippen LogP) is 2.59. The van der Waals surface area contributed by atoms with Crippen LogP contribution in [0, 0.1) is 12.8 Å². The largest absolute Gasteiger partial charge is 0.495 e. The number of ether oxygens (including phenoxy) is 1. The van der Waals surface area contributed by atoms with Gasteiger partial charge in [-0.25, -0.2) is 0 Å². The Morgan fingerprint density at radius 3 is 2.63 bits per heavy atom. The van der Waals surface area contributed by atoms with Gasteiger partial charge >= 0.3 is 0 Å². The van der Waals surface area contributed by atoms with E-state index in [2.05, 4.69) is 5.32 Å². The van der Waals surface area contributed by atoms with Gasteiger partial charge in [0.05, 0.1) is 13.2 Å². The Morgan fingerprint density at radius 2 is 2.11 bits per heavy atom. The van der Waals surface area contributed by atoms with Gasteiger partial charge in [0.25, 0.3) is 5.91 Å². The minimum atomic E-state index is -0.494. The van der Waals surface area contributed by atoms with Crippen LogP contribution in [-0.2, 0) is 0 Å². The predicted molar refractivity (Wildman–Crippen MR) is 78.0 cm³/mol. The summed E-state index contributed by atoms with van der Waals surface area (Å²) < 4.78 is 5.17. The first kappa shape index (κ1) is 16.0. The molecule has 19 heavy (non-hydrogen) atoms. The number of nitrogens with one attached hydrogen (secondary N) is 1. The van der Waals surface area contributed by atoms with Crippen LogP contribution in [0.5, 0.6) is 5.75 Å². The van der Waals surface area contributed by atoms with Gasteiger partial charge in [0.1, 0.15) is 10.6 Å². The van der Waals surface area contributed by atoms with Gasteiger partial charge in [-0.15, -0.1) is 11.3 Å². The van der Waals surface area contributed by atoms with Crippen molar-refractivity contribution in [2.24, 2.45) is 5.92 Å². The second-order valence-electron chi connectivity index (χ2n) is 4.61. The molecule has 0 aliphatic rings. The molecular weight excluding hydrogens is 262 g/mol. The fraction of sp³-hybridized carbons (Fsp3) is 0.643. The van der Waals surface area contributed by atoms with Gasteiger partial charge in [0, 0.05) is 11.4 Å². The number of carbonyl (C=O) groups excluding carboxylic acids is 1. The maximum atomic E-state index is 12.0. The molecule has 1 aromatic rings. The monoisotopic (exact) mass is 285 g/mol. The van der Waals surface area contributed by atoms with E-state index in [1.807, 2.05) is 26.8 Å². The van der Waals surface area contributed by atoms with E-state index in [0.29, 0.717) is 10.6 Å². The Balaban J connectivity index is 2.60. The van der Waals surface area contributed by atoms with Crippen molar-refractivity contribution in [1.29, 1.82) is 0 Å². The third-order valence-corrected chi connectivity index (χ3v) is 4.34. The normalized spacial score (nSPS) is 12.5. The maximum Gasteiger partial charge on any atom is 0.265 e. The first-order valence-electron chi connectivity index (χ1n) is 6.64. The highest BCUT2D eigenvalue weighted by Gasteiger charge is 2.19. The topological polar surface area (TPSA) is 58.6 Å². The molecule has 4 nitrogen and oxygen atoms in total. The minimum absolute atomic E-state index is 0.181. The molecule has 1 rings (SSSR count). The van der Waals surface area contributed by atoms with Crippen molar-refractivity contribution in [2.45, 2.75) is 39.7 Å². The second kappa shape index (κ2) is 7.50. The summed E-state index contributed by atoms with van der Waals surface area (Å²) in [7, 11) is 1.55. The highest BCUT2D eigenvalue weighted by Crippen LogP contribution is 2.28. The molecule has 0 spiro atoms. The van der Waals surface area contributed by atoms with Crippen LogP contribution in [0.4, 0.5) is 0 Å². The van der Waals surface area contributed by atoms with E-state index in [1.165, 1.54) is 11.3 Å². The molecule has 2 N–H and O–H groups in total. The number of thiophene rings is 1. The fourth-order valence-electron chi connectivity index (χ4n) is 2.08. The standard InChI is InChI=1S/C14H23NO3S/c1-5-10(6-2)11(16)8-15-14(17)13-12(18-4)7-9(3)19-13/h7,10-11,16H,5-6,8H2,1-4H3,(H,15,17). The average Bonchev–Trinajstić information content (AvgIpc) is 2.78. The zero-order chi connectivity index (χ0) is 14.4. The first-order chi connectivity index (χ1) is 9.03. The lowest BCUT2D eigenvalue weighted by Crippen LogP contribution is -2.35. The van der Waals surface area contributed by atoms with Crippen molar-refractivity contribution in [3.05, 3.63) is 15.8 Å². The highest BCUT2D eigenvalue weighted by atomic mass is 32.1. The van der Waals surface area contributed by atoms with E-state index >= 15 is 0 Å². The van der Waals surface area contributed by atoms with Crippen molar-refractivity contribution < 1.29 is 14.6 Å². The molecule has 1 aromatic heterocycles. The van der Waals surface area contributed by atoms with E-state index < -0.39 is 6.10 Å². The number of aliphatic hydroxyl groups excluding tert-OH is 1. The molecule has 0 aromatic carbocycles. The van der Waals surface area contributed by atoms with Gasteiger partial charge in [-0.2, -0.15) is 0 Å². The Kier molecular flexibility index (Phi) is 6.31. The fourth-order valence-corrected chi connectivity index (χ4v) is 2.97. The molecule has 108 valence electrons. The average molecular weight is 285 g/mol. The van der Waals surface area contributed by atoms with Gasteiger partial charge < -0.3 is 15.2 Å². The van der Waals surface area contributed by atoms with Crippen LogP contribution in [0.2, 0.25) is 0 Å². The summed E-state index contributed by atoms with van der Waals surface area (Å²) in [4.78, 5) is 13.6. The van der Waals surface area contributed by atoms with Crippen molar-refractivity contribution in [3.8, 4) is 5.75 Å². The Labute approximate surface area is 118 Å². The number of rotatable bonds is 7. The molecule has 0 aliphatic carbocycles. The van der Waals surface area contributed by atoms with E-state index in [9.17, 15) is 9.90 Å². The molecule has 0 saturated carbocycles. The number of methoxy groups -OCH3 is 1. The lowest BCUT2D eigenvalue weighted by molar-refractivity contribution is 0.0817. The van der Waals surface area contributed by atoms with Gasteiger partial charge in [-0.1, -0.05) is 26.7 Å². The van der Waals surface area contributed by atoms with Crippen LogP contribution in [0.1, 0.15) is 41.2 Å². The number of hydrogen-bond donors (Lipinski definition) is 2. The minimum Gasteiger partial charge on any atom is -0.495 e. The second-order valence-corrected chi connectivity index (χ2v) is 5.86. The lowest BCUT2D eigenvalue weighted by Gasteiger charge is -2.20. The summed E-state index contributed by atoms with van der Waals surface area (Å²) in [6, 6.07) is 1.84. The summed E-state index contributed by atoms with van der Waals surface area (Å²) >= 11 is 1.40. The summed E-state index contributed by atoms with van der Waals surface area (Å²) in [5, 5.41) is 12.8. The first-order valence-corrected chi connectivity index (χ1v) is 7.45. The summed E-state index contributed by atoms with van der Waals surface area (Å²) in [5.74, 6) is 0.643. The molecule has 1 atom stereocenters. The molecule has 5 heteroatoms. The zero-order valence-corrected chi connectivity index (χ0v) is 12.8. The van der Waals surface area contributed by atoms with Crippen molar-refractivity contribution in [1.82, 2.24) is 5.32 Å². The molecule has 1 heterocycles. The van der Waals surface area contributed by atoms with E-state index in [-0.39, 0.29) is 18.4 Å². The third-order valence-electron chi connectivity index (χ3n) is 3.31. The van der Waals surface area contributed by atoms with Crippen molar-refractivity contribution >= 4 is 17.2 Å². The van der Waals surface area contributed by atoms with Crippen LogP contribution in [-0.4, -0.2) is 30.8 Å². The lowest BCUT2D eigenvalue weighted by atomic mass is 9.96. The molecular formula is C14H23NO3S. The van der Waals surface area contributed by atoms with Gasteiger partial charge in [-0.05, 0) is 18.9 Å². The Bertz CT molecular complexity index is 413. The van der Waals surface area contributed by atoms with Gasteiger partial charge in [0.2, 0.25) is 0 Å². The number of carbonyl (C=O) groups is 1. The van der Waals surface area contributed by atoms with Gasteiger partial charge in [-0.3, -0.25) is 4.79 Å². The number of hydrogen-bond acceptors (Lipinski definition) is 4. The Hall–Kier alpha value is -1.07. The SMILES string of the molecule is CCC(CC)C(O)CNC(=O)c1sc(C)cc1OC. The van der Waals surface area contributed by atoms with E-state index in [1.54, 1.807) is 7.11 Å². The van der Waals surface area contributed by atoms with Crippen LogP contribution in [0.15, 0.2) is 6.07 Å². The summed E-state index contributed by atoms with van der Waals surface area (Å²) in [6.45, 7) is 6.31. The molecule has 0 bridgehead atoms. The number of aryl methyl sites for hydroxylation is 1. The van der Waals surface area contributed by atoms with Crippen molar-refractivity contribution in [3.63, 3.8) is 0 Å². The molecule has 1 amide bonds. The quantitative estimate of drug-likeness (QED) is 0.809. The van der Waals surface area contributed by atoms with Crippen molar-refractivity contribution in [2.75, 3.05) is 13.7 Å². The molecule has 0 fully saturated rings. The Morgan fingerprint density at radius 1 is 1.47 bits per heavy atom. The van der Waals surface area contributed by atoms with Crippen LogP contribution < -0.4 is 10.1 Å². The third kappa shape index (κ3) is 4.21. The molecule has 0 aliphatic heterocycles. The van der Waals surface area contributed by atoms with Crippen LogP contribution in [0.25, 0.3) is 0 Å². The van der Waals surface area contributed by atoms with E-state index in [0.717, 1.165) is 17.7 Å². The van der Waals surface area contributed by atoms with Crippen LogP contribution >= 0.6 is 11.3 Å². The summed E-state index contributed by atoms with van der Waals surface area (Å²) in [5.41, 5.74) is 0. The van der Waals surface area contributed by atoms with Crippen LogP contribution in [0.3, 0.4) is 0 Å². The smallest absolute Gasteiger partial charge is 0.265 e. The molecule has 0 radical (unpaired) electrons. The highest BCUT2D eigenvalue weighted by molar-refractivity contribution is 7.14. The van der Waals surface area contributed by atoms with Gasteiger partial charge in [0.15, 0.2) is 0 Å². The summed E-state index contributed by atoms with van der Waals surface area (Å²) in [6.07, 6.45) is 1.33.